The molecular formula is C12H19ClN2O2. The van der Waals surface area contributed by atoms with Crippen LogP contribution in [-0.4, -0.2) is 19.1 Å². The van der Waals surface area contributed by atoms with Gasteiger partial charge in [0.05, 0.1) is 19.2 Å². The third-order valence-electron chi connectivity index (χ3n) is 2.38. The molecule has 0 aliphatic heterocycles. The lowest BCUT2D eigenvalue weighted by atomic mass is 10.1. The van der Waals surface area contributed by atoms with Crippen LogP contribution in [0.4, 0.5) is 0 Å². The number of benzene rings is 1. The lowest BCUT2D eigenvalue weighted by molar-refractivity contribution is -0.122. The van der Waals surface area contributed by atoms with Gasteiger partial charge in [-0.05, 0) is 19.9 Å². The lowest BCUT2D eigenvalue weighted by Gasteiger charge is -2.18. The standard InChI is InChI=1S/C12H18N2O2.ClH/c1-8(13)12(15)14-9(2)10-6-4-5-7-11(10)16-3;/h4-9H,13H2,1-3H3,(H,14,15);1H/t8-,9?;/m0./s1. The van der Waals surface area contributed by atoms with E-state index >= 15 is 0 Å². The summed E-state index contributed by atoms with van der Waals surface area (Å²) in [6, 6.07) is 6.97. The molecule has 0 radical (unpaired) electrons. The maximum absolute atomic E-state index is 11.4. The van der Waals surface area contributed by atoms with Crippen LogP contribution in [0.3, 0.4) is 0 Å². The number of amides is 1. The van der Waals surface area contributed by atoms with E-state index in [0.29, 0.717) is 0 Å². The number of nitrogens with two attached hydrogens (primary N) is 1. The predicted octanol–water partition coefficient (Wildman–Crippen LogP) is 1.64. The SMILES string of the molecule is COc1ccccc1C(C)NC(=O)[C@H](C)N.Cl. The average molecular weight is 259 g/mol. The molecule has 0 heterocycles. The summed E-state index contributed by atoms with van der Waals surface area (Å²) in [7, 11) is 1.61. The number of carbonyl (C=O) groups is 1. The van der Waals surface area contributed by atoms with Gasteiger partial charge in [-0.1, -0.05) is 18.2 Å². The topological polar surface area (TPSA) is 64.3 Å². The number of hydrogen-bond donors (Lipinski definition) is 2. The summed E-state index contributed by atoms with van der Waals surface area (Å²) in [6.45, 7) is 3.56. The van der Waals surface area contributed by atoms with Gasteiger partial charge in [-0.3, -0.25) is 4.79 Å². The molecule has 0 saturated heterocycles. The molecule has 1 aromatic rings. The van der Waals surface area contributed by atoms with Crippen molar-refractivity contribution in [1.82, 2.24) is 5.32 Å². The normalized spacial score (nSPS) is 13.2. The van der Waals surface area contributed by atoms with Gasteiger partial charge in [-0.15, -0.1) is 12.4 Å². The van der Waals surface area contributed by atoms with Crippen molar-refractivity contribution in [3.05, 3.63) is 29.8 Å². The van der Waals surface area contributed by atoms with Gasteiger partial charge in [0, 0.05) is 5.56 Å². The zero-order chi connectivity index (χ0) is 12.1. The van der Waals surface area contributed by atoms with E-state index in [1.165, 1.54) is 0 Å². The van der Waals surface area contributed by atoms with Crippen molar-refractivity contribution in [2.75, 3.05) is 7.11 Å². The predicted molar refractivity (Wildman–Crippen MR) is 70.4 cm³/mol. The summed E-state index contributed by atoms with van der Waals surface area (Å²) < 4.78 is 5.23. The van der Waals surface area contributed by atoms with Gasteiger partial charge >= 0.3 is 0 Å². The third kappa shape index (κ3) is 4.24. The molecule has 0 aliphatic rings. The van der Waals surface area contributed by atoms with Crippen molar-refractivity contribution in [2.45, 2.75) is 25.9 Å². The van der Waals surface area contributed by atoms with Crippen LogP contribution >= 0.6 is 12.4 Å². The highest BCUT2D eigenvalue weighted by Crippen LogP contribution is 2.24. The molecule has 0 bridgehead atoms. The lowest BCUT2D eigenvalue weighted by Crippen LogP contribution is -2.39. The molecule has 1 unspecified atom stereocenters. The second-order valence-electron chi connectivity index (χ2n) is 3.76. The Kier molecular flexibility index (Phi) is 6.61. The van der Waals surface area contributed by atoms with Crippen LogP contribution in [0.1, 0.15) is 25.5 Å². The molecule has 4 nitrogen and oxygen atoms in total. The smallest absolute Gasteiger partial charge is 0.237 e. The summed E-state index contributed by atoms with van der Waals surface area (Å²) in [5.74, 6) is 0.596. The summed E-state index contributed by atoms with van der Waals surface area (Å²) in [4.78, 5) is 11.4. The van der Waals surface area contributed by atoms with E-state index in [9.17, 15) is 4.79 Å². The monoisotopic (exact) mass is 258 g/mol. The van der Waals surface area contributed by atoms with Crippen LogP contribution < -0.4 is 15.8 Å². The van der Waals surface area contributed by atoms with E-state index in [-0.39, 0.29) is 24.4 Å². The maximum atomic E-state index is 11.4. The first kappa shape index (κ1) is 15.7. The van der Waals surface area contributed by atoms with Crippen molar-refractivity contribution in [3.8, 4) is 5.75 Å². The summed E-state index contributed by atoms with van der Waals surface area (Å²) in [6.07, 6.45) is 0. The molecule has 0 fully saturated rings. The Labute approximate surface area is 108 Å². The minimum absolute atomic E-state index is 0. The van der Waals surface area contributed by atoms with Crippen LogP contribution in [0.5, 0.6) is 5.75 Å². The largest absolute Gasteiger partial charge is 0.496 e. The van der Waals surface area contributed by atoms with E-state index in [2.05, 4.69) is 5.32 Å². The highest BCUT2D eigenvalue weighted by Gasteiger charge is 2.15. The molecule has 2 atom stereocenters. The third-order valence-corrected chi connectivity index (χ3v) is 2.38. The van der Waals surface area contributed by atoms with Crippen LogP contribution in [0.15, 0.2) is 24.3 Å². The van der Waals surface area contributed by atoms with Crippen molar-refractivity contribution < 1.29 is 9.53 Å². The molecule has 96 valence electrons. The van der Waals surface area contributed by atoms with Gasteiger partial charge in [0.15, 0.2) is 0 Å². The Hall–Kier alpha value is -1.26. The first-order valence-electron chi connectivity index (χ1n) is 5.25. The van der Waals surface area contributed by atoms with E-state index in [0.717, 1.165) is 11.3 Å². The van der Waals surface area contributed by atoms with Gasteiger partial charge in [-0.25, -0.2) is 0 Å². The van der Waals surface area contributed by atoms with Crippen molar-refractivity contribution in [2.24, 2.45) is 5.73 Å². The van der Waals surface area contributed by atoms with Crippen molar-refractivity contribution in [3.63, 3.8) is 0 Å². The molecule has 0 aromatic heterocycles. The zero-order valence-electron chi connectivity index (χ0n) is 10.3. The fraction of sp³-hybridized carbons (Fsp3) is 0.417. The molecule has 1 amide bonds. The average Bonchev–Trinajstić information content (AvgIpc) is 2.28. The summed E-state index contributed by atoms with van der Waals surface area (Å²) >= 11 is 0. The number of methoxy groups -OCH3 is 1. The molecule has 1 rings (SSSR count). The van der Waals surface area contributed by atoms with Crippen molar-refractivity contribution >= 4 is 18.3 Å². The molecule has 5 heteroatoms. The fourth-order valence-corrected chi connectivity index (χ4v) is 1.45. The van der Waals surface area contributed by atoms with Gasteiger partial charge in [0.2, 0.25) is 5.91 Å². The van der Waals surface area contributed by atoms with Crippen LogP contribution in [0.2, 0.25) is 0 Å². The molecule has 17 heavy (non-hydrogen) atoms. The Morgan fingerprint density at radius 1 is 1.35 bits per heavy atom. The van der Waals surface area contributed by atoms with Gasteiger partial charge in [0.25, 0.3) is 0 Å². The maximum Gasteiger partial charge on any atom is 0.237 e. The number of hydrogen-bond acceptors (Lipinski definition) is 3. The Balaban J connectivity index is 0.00000256. The summed E-state index contributed by atoms with van der Waals surface area (Å²) in [5, 5.41) is 2.83. The highest BCUT2D eigenvalue weighted by molar-refractivity contribution is 5.85. The number of halogens is 1. The van der Waals surface area contributed by atoms with Crippen LogP contribution in [0.25, 0.3) is 0 Å². The second-order valence-corrected chi connectivity index (χ2v) is 3.76. The molecular weight excluding hydrogens is 240 g/mol. The van der Waals surface area contributed by atoms with E-state index in [1.54, 1.807) is 14.0 Å². The molecule has 3 N–H and O–H groups in total. The second kappa shape index (κ2) is 7.14. The minimum atomic E-state index is -0.503. The zero-order valence-corrected chi connectivity index (χ0v) is 11.1. The first-order valence-corrected chi connectivity index (χ1v) is 5.25. The Morgan fingerprint density at radius 2 is 1.94 bits per heavy atom. The fourth-order valence-electron chi connectivity index (χ4n) is 1.45. The first-order chi connectivity index (χ1) is 7.56. The minimum Gasteiger partial charge on any atom is -0.496 e. The number of nitrogens with one attached hydrogen (secondary N) is 1. The summed E-state index contributed by atoms with van der Waals surface area (Å²) in [5.41, 5.74) is 6.43. The molecule has 0 spiro atoms. The Morgan fingerprint density at radius 3 is 2.47 bits per heavy atom. The molecule has 0 saturated carbocycles. The number of carbonyl (C=O) groups excluding carboxylic acids is 1. The van der Waals surface area contributed by atoms with Gasteiger partial charge < -0.3 is 15.8 Å². The number of ether oxygens (including phenoxy) is 1. The Bertz CT molecular complexity index is 369. The highest BCUT2D eigenvalue weighted by atomic mass is 35.5. The van der Waals surface area contributed by atoms with E-state index < -0.39 is 6.04 Å². The van der Waals surface area contributed by atoms with E-state index in [4.69, 9.17) is 10.5 Å². The molecule has 1 aromatic carbocycles. The van der Waals surface area contributed by atoms with Gasteiger partial charge in [0.1, 0.15) is 5.75 Å². The number of rotatable bonds is 4. The molecule has 0 aliphatic carbocycles. The van der Waals surface area contributed by atoms with Crippen LogP contribution in [-0.2, 0) is 4.79 Å². The van der Waals surface area contributed by atoms with Crippen LogP contribution in [0, 0.1) is 0 Å². The quantitative estimate of drug-likeness (QED) is 0.863. The number of para-hydroxylation sites is 1. The van der Waals surface area contributed by atoms with E-state index in [1.807, 2.05) is 31.2 Å². The van der Waals surface area contributed by atoms with Crippen molar-refractivity contribution in [1.29, 1.82) is 0 Å². The van der Waals surface area contributed by atoms with Gasteiger partial charge in [-0.2, -0.15) is 0 Å².